The summed E-state index contributed by atoms with van der Waals surface area (Å²) in [5.41, 5.74) is 2.66. The lowest BCUT2D eigenvalue weighted by Gasteiger charge is -2.22. The highest BCUT2D eigenvalue weighted by atomic mass is 15.3. The average molecular weight is 207 g/mol. The van der Waals surface area contributed by atoms with Gasteiger partial charge < -0.3 is 5.32 Å². The Bertz CT molecular complexity index is 311. The number of piperidine rings is 1. The van der Waals surface area contributed by atoms with Gasteiger partial charge in [-0.25, -0.2) is 0 Å². The molecule has 1 aromatic heterocycles. The zero-order chi connectivity index (χ0) is 10.7. The van der Waals surface area contributed by atoms with E-state index in [9.17, 15) is 0 Å². The van der Waals surface area contributed by atoms with Gasteiger partial charge in [-0.3, -0.25) is 4.68 Å². The van der Waals surface area contributed by atoms with Crippen molar-refractivity contribution in [3.63, 3.8) is 0 Å². The van der Waals surface area contributed by atoms with Crippen LogP contribution in [0.15, 0.2) is 6.07 Å². The van der Waals surface area contributed by atoms with E-state index < -0.39 is 0 Å². The molecular weight excluding hydrogens is 186 g/mol. The third kappa shape index (κ3) is 2.40. The van der Waals surface area contributed by atoms with Gasteiger partial charge in [0.1, 0.15) is 0 Å². The Morgan fingerprint density at radius 1 is 1.60 bits per heavy atom. The van der Waals surface area contributed by atoms with Crippen LogP contribution in [0, 0.1) is 0 Å². The van der Waals surface area contributed by atoms with E-state index in [1.54, 1.807) is 0 Å². The van der Waals surface area contributed by atoms with Crippen molar-refractivity contribution in [3.8, 4) is 0 Å². The minimum absolute atomic E-state index is 0.668. The fraction of sp³-hybridized carbons (Fsp3) is 0.750. The van der Waals surface area contributed by atoms with E-state index in [2.05, 4.69) is 35.1 Å². The maximum Gasteiger partial charge on any atom is 0.0627 e. The fourth-order valence-electron chi connectivity index (χ4n) is 2.41. The molecule has 1 unspecified atom stereocenters. The van der Waals surface area contributed by atoms with Crippen molar-refractivity contribution in [3.05, 3.63) is 17.5 Å². The molecule has 15 heavy (non-hydrogen) atoms. The van der Waals surface area contributed by atoms with E-state index in [-0.39, 0.29) is 0 Å². The standard InChI is InChI=1S/C12H21N3/c1-3-5-11-8-12(15(2)14-11)10-6-4-7-13-9-10/h8,10,13H,3-7,9H2,1-2H3. The molecule has 1 N–H and O–H groups in total. The van der Waals surface area contributed by atoms with Crippen LogP contribution in [0.25, 0.3) is 0 Å². The Hall–Kier alpha value is -0.830. The van der Waals surface area contributed by atoms with Gasteiger partial charge in [0.2, 0.25) is 0 Å². The van der Waals surface area contributed by atoms with Gasteiger partial charge in [0.25, 0.3) is 0 Å². The van der Waals surface area contributed by atoms with E-state index in [0.29, 0.717) is 5.92 Å². The summed E-state index contributed by atoms with van der Waals surface area (Å²) in [5, 5.41) is 8.03. The van der Waals surface area contributed by atoms with Gasteiger partial charge in [-0.05, 0) is 31.9 Å². The van der Waals surface area contributed by atoms with Gasteiger partial charge in [-0.1, -0.05) is 13.3 Å². The summed E-state index contributed by atoms with van der Waals surface area (Å²) in [5.74, 6) is 0.668. The molecule has 84 valence electrons. The summed E-state index contributed by atoms with van der Waals surface area (Å²) in [4.78, 5) is 0. The highest BCUT2D eigenvalue weighted by Gasteiger charge is 2.18. The molecule has 0 amide bonds. The second-order valence-electron chi connectivity index (χ2n) is 4.48. The van der Waals surface area contributed by atoms with Crippen LogP contribution in [0.1, 0.15) is 43.5 Å². The molecule has 0 saturated carbocycles. The molecule has 0 spiro atoms. The number of aryl methyl sites for hydroxylation is 2. The number of aromatic nitrogens is 2. The number of hydrogen-bond donors (Lipinski definition) is 1. The van der Waals surface area contributed by atoms with Crippen LogP contribution in [0.2, 0.25) is 0 Å². The Morgan fingerprint density at radius 2 is 2.47 bits per heavy atom. The van der Waals surface area contributed by atoms with Crippen LogP contribution in [0.3, 0.4) is 0 Å². The molecule has 0 aliphatic carbocycles. The molecule has 1 aromatic rings. The first-order valence-corrected chi connectivity index (χ1v) is 6.04. The van der Waals surface area contributed by atoms with Crippen molar-refractivity contribution in [2.45, 2.75) is 38.5 Å². The predicted octanol–water partition coefficient (Wildman–Crippen LogP) is 1.84. The molecule has 1 aliphatic rings. The third-order valence-corrected chi connectivity index (χ3v) is 3.19. The second kappa shape index (κ2) is 4.79. The summed E-state index contributed by atoms with van der Waals surface area (Å²) in [6.07, 6.45) is 4.88. The maximum absolute atomic E-state index is 4.56. The van der Waals surface area contributed by atoms with Crippen molar-refractivity contribution in [1.29, 1.82) is 0 Å². The monoisotopic (exact) mass is 207 g/mol. The van der Waals surface area contributed by atoms with Crippen molar-refractivity contribution >= 4 is 0 Å². The molecular formula is C12H21N3. The van der Waals surface area contributed by atoms with Gasteiger partial charge in [0, 0.05) is 25.2 Å². The van der Waals surface area contributed by atoms with Crippen molar-refractivity contribution in [2.24, 2.45) is 7.05 Å². The Labute approximate surface area is 91.9 Å². The summed E-state index contributed by atoms with van der Waals surface area (Å²) >= 11 is 0. The third-order valence-electron chi connectivity index (χ3n) is 3.19. The normalized spacial score (nSPS) is 21.9. The van der Waals surface area contributed by atoms with Crippen LogP contribution in [-0.4, -0.2) is 22.9 Å². The topological polar surface area (TPSA) is 29.9 Å². The fourth-order valence-corrected chi connectivity index (χ4v) is 2.41. The van der Waals surface area contributed by atoms with Gasteiger partial charge in [0.05, 0.1) is 5.69 Å². The van der Waals surface area contributed by atoms with Gasteiger partial charge in [-0.2, -0.15) is 5.10 Å². The Kier molecular flexibility index (Phi) is 3.41. The zero-order valence-electron chi connectivity index (χ0n) is 9.79. The van der Waals surface area contributed by atoms with Crippen LogP contribution < -0.4 is 5.32 Å². The Morgan fingerprint density at radius 3 is 3.13 bits per heavy atom. The van der Waals surface area contributed by atoms with Crippen molar-refractivity contribution in [2.75, 3.05) is 13.1 Å². The minimum atomic E-state index is 0.668. The minimum Gasteiger partial charge on any atom is -0.316 e. The molecule has 0 bridgehead atoms. The van der Waals surface area contributed by atoms with Gasteiger partial charge in [0.15, 0.2) is 0 Å². The molecule has 2 rings (SSSR count). The first-order valence-electron chi connectivity index (χ1n) is 6.04. The van der Waals surface area contributed by atoms with Crippen LogP contribution in [0.4, 0.5) is 0 Å². The van der Waals surface area contributed by atoms with E-state index in [4.69, 9.17) is 0 Å². The highest BCUT2D eigenvalue weighted by molar-refractivity contribution is 5.16. The second-order valence-corrected chi connectivity index (χ2v) is 4.48. The largest absolute Gasteiger partial charge is 0.316 e. The molecule has 0 aromatic carbocycles. The smallest absolute Gasteiger partial charge is 0.0627 e. The molecule has 0 radical (unpaired) electrons. The molecule has 2 heterocycles. The SMILES string of the molecule is CCCc1cc(C2CCCNC2)n(C)n1. The number of hydrogen-bond acceptors (Lipinski definition) is 2. The average Bonchev–Trinajstić information content (AvgIpc) is 2.61. The van der Waals surface area contributed by atoms with Crippen molar-refractivity contribution < 1.29 is 0 Å². The molecule has 1 saturated heterocycles. The summed E-state index contributed by atoms with van der Waals surface area (Å²) in [7, 11) is 2.07. The first kappa shape index (κ1) is 10.7. The molecule has 1 fully saturated rings. The predicted molar refractivity (Wildman–Crippen MR) is 62.0 cm³/mol. The van der Waals surface area contributed by atoms with Crippen molar-refractivity contribution in [1.82, 2.24) is 15.1 Å². The lowest BCUT2D eigenvalue weighted by Crippen LogP contribution is -2.29. The zero-order valence-corrected chi connectivity index (χ0v) is 9.79. The van der Waals surface area contributed by atoms with E-state index in [1.165, 1.54) is 37.2 Å². The summed E-state index contributed by atoms with van der Waals surface area (Å²) in [6.45, 7) is 4.50. The lowest BCUT2D eigenvalue weighted by atomic mass is 9.96. The van der Waals surface area contributed by atoms with Crippen LogP contribution >= 0.6 is 0 Å². The number of nitrogens with one attached hydrogen (secondary N) is 1. The van der Waals surface area contributed by atoms with E-state index >= 15 is 0 Å². The van der Waals surface area contributed by atoms with Crippen LogP contribution in [0.5, 0.6) is 0 Å². The van der Waals surface area contributed by atoms with E-state index in [0.717, 1.165) is 13.0 Å². The number of rotatable bonds is 3. The number of nitrogens with zero attached hydrogens (tertiary/aromatic N) is 2. The highest BCUT2D eigenvalue weighted by Crippen LogP contribution is 2.23. The molecule has 3 heteroatoms. The van der Waals surface area contributed by atoms with Crippen LogP contribution in [-0.2, 0) is 13.5 Å². The summed E-state index contributed by atoms with van der Waals surface area (Å²) in [6, 6.07) is 2.29. The van der Waals surface area contributed by atoms with Gasteiger partial charge in [-0.15, -0.1) is 0 Å². The molecule has 1 atom stereocenters. The summed E-state index contributed by atoms with van der Waals surface area (Å²) < 4.78 is 2.07. The molecule has 1 aliphatic heterocycles. The molecule has 3 nitrogen and oxygen atoms in total. The Balaban J connectivity index is 2.11. The first-order chi connectivity index (χ1) is 7.31. The lowest BCUT2D eigenvalue weighted by molar-refractivity contribution is 0.441. The quantitative estimate of drug-likeness (QED) is 0.819. The van der Waals surface area contributed by atoms with E-state index in [1.807, 2.05) is 0 Å². The van der Waals surface area contributed by atoms with Gasteiger partial charge >= 0.3 is 0 Å². The maximum atomic E-state index is 4.56.